The molecule has 1 unspecified atom stereocenters. The number of carbonyl (C=O) groups is 1. The van der Waals surface area contributed by atoms with E-state index >= 15 is 0 Å². The Bertz CT molecular complexity index is 590. The number of aliphatic hydroxyl groups excluding tert-OH is 1. The van der Waals surface area contributed by atoms with Crippen LogP contribution in [-0.4, -0.2) is 22.7 Å². The van der Waals surface area contributed by atoms with Crippen LogP contribution >= 0.6 is 0 Å². The van der Waals surface area contributed by atoms with Gasteiger partial charge in [-0.05, 0) is 43.6 Å². The van der Waals surface area contributed by atoms with E-state index in [4.69, 9.17) is 9.72 Å². The van der Waals surface area contributed by atoms with Gasteiger partial charge >= 0.3 is 5.97 Å². The lowest BCUT2D eigenvalue weighted by molar-refractivity contribution is 0.0521. The highest BCUT2D eigenvalue weighted by Gasteiger charge is 2.36. The van der Waals surface area contributed by atoms with Gasteiger partial charge in [0.25, 0.3) is 0 Å². The van der Waals surface area contributed by atoms with E-state index in [0.717, 1.165) is 28.9 Å². The lowest BCUT2D eigenvalue weighted by atomic mass is 9.73. The Morgan fingerprint density at radius 2 is 2.09 bits per heavy atom. The van der Waals surface area contributed by atoms with Crippen LogP contribution in [0.1, 0.15) is 85.9 Å². The van der Waals surface area contributed by atoms with Crippen LogP contribution in [-0.2, 0) is 11.2 Å². The van der Waals surface area contributed by atoms with Gasteiger partial charge in [0, 0.05) is 11.3 Å². The molecule has 1 heterocycles. The summed E-state index contributed by atoms with van der Waals surface area (Å²) in [5.41, 5.74) is 3.92. The molecule has 0 fully saturated rings. The number of pyridine rings is 1. The van der Waals surface area contributed by atoms with Crippen molar-refractivity contribution >= 4 is 5.97 Å². The van der Waals surface area contributed by atoms with Crippen LogP contribution in [0.4, 0.5) is 0 Å². The lowest BCUT2D eigenvalue weighted by Crippen LogP contribution is -2.29. The molecule has 0 saturated heterocycles. The van der Waals surface area contributed by atoms with Crippen LogP contribution in [0.15, 0.2) is 0 Å². The number of ether oxygens (including phenoxy) is 1. The molecule has 122 valence electrons. The minimum Gasteiger partial charge on any atom is -0.462 e. The summed E-state index contributed by atoms with van der Waals surface area (Å²) >= 11 is 0. The smallest absolute Gasteiger partial charge is 0.340 e. The molecule has 1 N–H and O–H groups in total. The number of aliphatic hydroxyl groups is 1. The molecule has 4 nitrogen and oxygen atoms in total. The van der Waals surface area contributed by atoms with E-state index in [1.807, 2.05) is 20.8 Å². The SMILES string of the molecule is CCOC(=O)c1c(C(C)C)nc2c(c1C)C(O)CC(C)(C)C2. The molecular weight excluding hydrogens is 278 g/mol. The molecule has 0 spiro atoms. The van der Waals surface area contributed by atoms with Crippen molar-refractivity contribution in [3.05, 3.63) is 28.1 Å². The van der Waals surface area contributed by atoms with Gasteiger partial charge in [-0.3, -0.25) is 4.98 Å². The fraction of sp³-hybridized carbons (Fsp3) is 0.667. The number of hydrogen-bond donors (Lipinski definition) is 1. The number of aromatic nitrogens is 1. The molecule has 1 aromatic rings. The van der Waals surface area contributed by atoms with Crippen LogP contribution in [0.25, 0.3) is 0 Å². The van der Waals surface area contributed by atoms with E-state index in [-0.39, 0.29) is 17.3 Å². The number of rotatable bonds is 3. The Hall–Kier alpha value is -1.42. The largest absolute Gasteiger partial charge is 0.462 e. The minimum atomic E-state index is -0.569. The fourth-order valence-electron chi connectivity index (χ4n) is 3.41. The van der Waals surface area contributed by atoms with Crippen LogP contribution in [0, 0.1) is 12.3 Å². The first-order chi connectivity index (χ1) is 10.2. The van der Waals surface area contributed by atoms with E-state index in [1.54, 1.807) is 6.92 Å². The molecule has 1 aromatic heterocycles. The highest BCUT2D eigenvalue weighted by molar-refractivity contribution is 5.93. The second-order valence-electron chi connectivity index (χ2n) is 7.29. The minimum absolute atomic E-state index is 0.0194. The van der Waals surface area contributed by atoms with Gasteiger partial charge in [0.05, 0.1) is 24.0 Å². The zero-order valence-corrected chi connectivity index (χ0v) is 14.5. The Morgan fingerprint density at radius 3 is 2.64 bits per heavy atom. The van der Waals surface area contributed by atoms with Gasteiger partial charge in [-0.25, -0.2) is 4.79 Å². The molecule has 0 aromatic carbocycles. The predicted octanol–water partition coefficient (Wildman–Crippen LogP) is 3.70. The highest BCUT2D eigenvalue weighted by Crippen LogP contribution is 2.43. The van der Waals surface area contributed by atoms with Gasteiger partial charge in [-0.2, -0.15) is 0 Å². The molecule has 1 aliphatic carbocycles. The van der Waals surface area contributed by atoms with Gasteiger partial charge in [0.1, 0.15) is 0 Å². The molecule has 0 amide bonds. The van der Waals surface area contributed by atoms with Crippen LogP contribution in [0.5, 0.6) is 0 Å². The van der Waals surface area contributed by atoms with E-state index in [0.29, 0.717) is 18.6 Å². The van der Waals surface area contributed by atoms with Gasteiger partial charge < -0.3 is 9.84 Å². The second kappa shape index (κ2) is 5.99. The Morgan fingerprint density at radius 1 is 1.45 bits per heavy atom. The summed E-state index contributed by atoms with van der Waals surface area (Å²) in [5.74, 6) is -0.207. The maximum Gasteiger partial charge on any atom is 0.340 e. The number of nitrogens with zero attached hydrogens (tertiary/aromatic N) is 1. The van der Waals surface area contributed by atoms with Crippen molar-refractivity contribution < 1.29 is 14.6 Å². The van der Waals surface area contributed by atoms with Crippen molar-refractivity contribution in [2.75, 3.05) is 6.61 Å². The summed E-state index contributed by atoms with van der Waals surface area (Å²) in [7, 11) is 0. The zero-order valence-electron chi connectivity index (χ0n) is 14.5. The maximum atomic E-state index is 12.4. The van der Waals surface area contributed by atoms with Crippen molar-refractivity contribution in [1.29, 1.82) is 0 Å². The predicted molar refractivity (Wildman–Crippen MR) is 86.1 cm³/mol. The summed E-state index contributed by atoms with van der Waals surface area (Å²) in [4.78, 5) is 17.1. The third kappa shape index (κ3) is 3.02. The van der Waals surface area contributed by atoms with Crippen LogP contribution in [0.2, 0.25) is 0 Å². The van der Waals surface area contributed by atoms with Crippen molar-refractivity contribution in [1.82, 2.24) is 4.98 Å². The highest BCUT2D eigenvalue weighted by atomic mass is 16.5. The molecule has 22 heavy (non-hydrogen) atoms. The first kappa shape index (κ1) is 16.9. The average molecular weight is 305 g/mol. The normalized spacial score (nSPS) is 19.9. The van der Waals surface area contributed by atoms with Gasteiger partial charge in [-0.15, -0.1) is 0 Å². The average Bonchev–Trinajstić information content (AvgIpc) is 2.35. The molecule has 0 aliphatic heterocycles. The molecule has 1 aliphatic rings. The number of carbonyl (C=O) groups excluding carboxylic acids is 1. The number of fused-ring (bicyclic) bond motifs is 1. The van der Waals surface area contributed by atoms with E-state index in [9.17, 15) is 9.90 Å². The first-order valence-corrected chi connectivity index (χ1v) is 8.06. The van der Waals surface area contributed by atoms with Gasteiger partial charge in [-0.1, -0.05) is 27.7 Å². The fourth-order valence-corrected chi connectivity index (χ4v) is 3.41. The van der Waals surface area contributed by atoms with Crippen molar-refractivity contribution in [3.63, 3.8) is 0 Å². The van der Waals surface area contributed by atoms with E-state index in [2.05, 4.69) is 13.8 Å². The Balaban J connectivity index is 2.66. The lowest BCUT2D eigenvalue weighted by Gasteiger charge is -2.36. The third-order valence-electron chi connectivity index (χ3n) is 4.35. The van der Waals surface area contributed by atoms with E-state index < -0.39 is 6.10 Å². The topological polar surface area (TPSA) is 59.4 Å². The first-order valence-electron chi connectivity index (χ1n) is 8.06. The van der Waals surface area contributed by atoms with E-state index in [1.165, 1.54) is 0 Å². The second-order valence-corrected chi connectivity index (χ2v) is 7.29. The molecular formula is C18H27NO3. The molecule has 1 atom stereocenters. The summed E-state index contributed by atoms with van der Waals surface area (Å²) in [6.45, 7) is 12.4. The molecule has 0 saturated carbocycles. The quantitative estimate of drug-likeness (QED) is 0.865. The van der Waals surface area contributed by atoms with Crippen LogP contribution < -0.4 is 0 Å². The summed E-state index contributed by atoms with van der Waals surface area (Å²) < 4.78 is 5.21. The van der Waals surface area contributed by atoms with Crippen LogP contribution in [0.3, 0.4) is 0 Å². The maximum absolute atomic E-state index is 12.4. The number of esters is 1. The molecule has 2 rings (SSSR count). The van der Waals surface area contributed by atoms with Crippen molar-refractivity contribution in [3.8, 4) is 0 Å². The van der Waals surface area contributed by atoms with Crippen molar-refractivity contribution in [2.24, 2.45) is 5.41 Å². The van der Waals surface area contributed by atoms with Gasteiger partial charge in [0.2, 0.25) is 0 Å². The molecule has 0 radical (unpaired) electrons. The summed E-state index contributed by atoms with van der Waals surface area (Å²) in [6.07, 6.45) is 0.940. The summed E-state index contributed by atoms with van der Waals surface area (Å²) in [6, 6.07) is 0. The standard InChI is InChI=1S/C18H27NO3/c1-7-22-17(21)15-11(4)14-12(19-16(15)10(2)3)8-18(5,6)9-13(14)20/h10,13,20H,7-9H2,1-6H3. The summed E-state index contributed by atoms with van der Waals surface area (Å²) in [5, 5.41) is 10.6. The monoisotopic (exact) mass is 305 g/mol. The van der Waals surface area contributed by atoms with Crippen molar-refractivity contribution in [2.45, 2.75) is 66.4 Å². The molecule has 4 heteroatoms. The third-order valence-corrected chi connectivity index (χ3v) is 4.35. The zero-order chi connectivity index (χ0) is 16.7. The number of hydrogen-bond acceptors (Lipinski definition) is 4. The Kier molecular flexibility index (Phi) is 4.62. The molecule has 0 bridgehead atoms. The Labute approximate surface area is 132 Å². The van der Waals surface area contributed by atoms with Gasteiger partial charge in [0.15, 0.2) is 0 Å².